The highest BCUT2D eigenvalue weighted by Crippen LogP contribution is 2.18. The highest BCUT2D eigenvalue weighted by Gasteiger charge is 2.31. The van der Waals surface area contributed by atoms with Gasteiger partial charge in [0.05, 0.1) is 6.54 Å². The number of carbonyl (C=O) groups excluding carboxylic acids is 1. The topological polar surface area (TPSA) is 81.7 Å². The molecule has 1 aliphatic carbocycles. The number of carboxylic acids is 1. The predicted octanol–water partition coefficient (Wildman–Crippen LogP) is -1.38. The molecule has 1 aliphatic heterocycles. The van der Waals surface area contributed by atoms with E-state index in [2.05, 4.69) is 10.6 Å². The van der Waals surface area contributed by atoms with Gasteiger partial charge >= 0.3 is 5.97 Å². The third-order valence-corrected chi connectivity index (χ3v) is 2.93. The molecule has 1 saturated carbocycles. The monoisotopic (exact) mass is 227 g/mol. The number of nitrogens with zero attached hydrogens (tertiary/aromatic N) is 1. The smallest absolute Gasteiger partial charge is 0.322 e. The molecule has 0 aromatic heterocycles. The Kier molecular flexibility index (Phi) is 3.40. The number of hydrogen-bond donors (Lipinski definition) is 3. The standard InChI is InChI=1S/C10H17N3O3/c14-9(12-7-1-2-7)6-13-4-3-11-5-8(13)10(15)16/h7-8,11H,1-6H2,(H,12,14)(H,15,16). The van der Waals surface area contributed by atoms with Crippen LogP contribution in [0.25, 0.3) is 0 Å². The number of nitrogens with one attached hydrogen (secondary N) is 2. The minimum absolute atomic E-state index is 0.0596. The fourth-order valence-electron chi connectivity index (χ4n) is 1.86. The van der Waals surface area contributed by atoms with Gasteiger partial charge in [0.25, 0.3) is 0 Å². The summed E-state index contributed by atoms with van der Waals surface area (Å²) in [5, 5.41) is 14.9. The Morgan fingerprint density at radius 3 is 2.81 bits per heavy atom. The van der Waals surface area contributed by atoms with Crippen molar-refractivity contribution in [3.05, 3.63) is 0 Å². The zero-order valence-corrected chi connectivity index (χ0v) is 9.11. The molecule has 6 heteroatoms. The first kappa shape index (κ1) is 11.3. The maximum absolute atomic E-state index is 11.6. The minimum atomic E-state index is -0.869. The zero-order chi connectivity index (χ0) is 11.5. The van der Waals surface area contributed by atoms with Crippen molar-refractivity contribution in [3.8, 4) is 0 Å². The molecular weight excluding hydrogens is 210 g/mol. The van der Waals surface area contributed by atoms with Gasteiger partial charge in [0.2, 0.25) is 5.91 Å². The maximum atomic E-state index is 11.6. The van der Waals surface area contributed by atoms with E-state index >= 15 is 0 Å². The summed E-state index contributed by atoms with van der Waals surface area (Å²) < 4.78 is 0. The summed E-state index contributed by atoms with van der Waals surface area (Å²) in [6, 6.07) is -0.252. The molecule has 0 bridgehead atoms. The van der Waals surface area contributed by atoms with E-state index in [0.29, 0.717) is 19.1 Å². The quantitative estimate of drug-likeness (QED) is 0.551. The number of aliphatic carboxylic acids is 1. The molecule has 1 unspecified atom stereocenters. The molecule has 1 heterocycles. The summed E-state index contributed by atoms with van der Waals surface area (Å²) in [6.45, 7) is 1.94. The second-order valence-corrected chi connectivity index (χ2v) is 4.37. The molecule has 1 atom stereocenters. The number of piperazine rings is 1. The van der Waals surface area contributed by atoms with Crippen LogP contribution in [-0.2, 0) is 9.59 Å². The average molecular weight is 227 g/mol. The van der Waals surface area contributed by atoms with Crippen LogP contribution in [0.2, 0.25) is 0 Å². The van der Waals surface area contributed by atoms with Gasteiger partial charge in [0, 0.05) is 25.7 Å². The SMILES string of the molecule is O=C(CN1CCNCC1C(=O)O)NC1CC1. The molecule has 0 aromatic carbocycles. The molecular formula is C10H17N3O3. The van der Waals surface area contributed by atoms with Crippen LogP contribution >= 0.6 is 0 Å². The van der Waals surface area contributed by atoms with Crippen LogP contribution in [-0.4, -0.2) is 60.1 Å². The lowest BCUT2D eigenvalue weighted by Gasteiger charge is -2.32. The Balaban J connectivity index is 1.84. The highest BCUT2D eigenvalue weighted by molar-refractivity contribution is 5.80. The molecule has 3 N–H and O–H groups in total. The molecule has 2 fully saturated rings. The van der Waals surface area contributed by atoms with Crippen LogP contribution in [0.15, 0.2) is 0 Å². The van der Waals surface area contributed by atoms with Crippen LogP contribution in [0.4, 0.5) is 0 Å². The van der Waals surface area contributed by atoms with Crippen molar-refractivity contribution in [2.24, 2.45) is 0 Å². The van der Waals surface area contributed by atoms with Gasteiger partial charge in [-0.15, -0.1) is 0 Å². The number of carboxylic acid groups (broad SMARTS) is 1. The summed E-state index contributed by atoms with van der Waals surface area (Å²) in [5.74, 6) is -0.929. The van der Waals surface area contributed by atoms with E-state index < -0.39 is 12.0 Å². The second-order valence-electron chi connectivity index (χ2n) is 4.37. The summed E-state index contributed by atoms with van der Waals surface area (Å²) in [5.41, 5.74) is 0. The molecule has 0 aromatic rings. The Morgan fingerprint density at radius 1 is 1.44 bits per heavy atom. The fourth-order valence-corrected chi connectivity index (χ4v) is 1.86. The second kappa shape index (κ2) is 4.80. The van der Waals surface area contributed by atoms with Crippen molar-refractivity contribution in [2.45, 2.75) is 24.9 Å². The largest absolute Gasteiger partial charge is 0.480 e. The van der Waals surface area contributed by atoms with E-state index in [1.54, 1.807) is 4.90 Å². The molecule has 1 saturated heterocycles. The van der Waals surface area contributed by atoms with Crippen molar-refractivity contribution in [1.82, 2.24) is 15.5 Å². The van der Waals surface area contributed by atoms with Gasteiger partial charge in [-0.3, -0.25) is 14.5 Å². The van der Waals surface area contributed by atoms with Crippen LogP contribution in [0.5, 0.6) is 0 Å². The van der Waals surface area contributed by atoms with Gasteiger partial charge in [-0.05, 0) is 12.8 Å². The molecule has 16 heavy (non-hydrogen) atoms. The first-order chi connectivity index (χ1) is 7.66. The lowest BCUT2D eigenvalue weighted by atomic mass is 10.2. The number of hydrogen-bond acceptors (Lipinski definition) is 4. The Labute approximate surface area is 94.0 Å². The Morgan fingerprint density at radius 2 is 2.19 bits per heavy atom. The van der Waals surface area contributed by atoms with E-state index in [0.717, 1.165) is 19.4 Å². The van der Waals surface area contributed by atoms with E-state index in [1.807, 2.05) is 0 Å². The van der Waals surface area contributed by atoms with E-state index in [4.69, 9.17) is 5.11 Å². The molecule has 0 radical (unpaired) electrons. The van der Waals surface area contributed by atoms with Gasteiger partial charge in [-0.25, -0.2) is 0 Å². The van der Waals surface area contributed by atoms with Crippen molar-refractivity contribution < 1.29 is 14.7 Å². The summed E-state index contributed by atoms with van der Waals surface area (Å²) in [6.07, 6.45) is 2.10. The molecule has 2 rings (SSSR count). The lowest BCUT2D eigenvalue weighted by Crippen LogP contribution is -2.57. The number of carbonyl (C=O) groups is 2. The fraction of sp³-hybridized carbons (Fsp3) is 0.800. The third-order valence-electron chi connectivity index (χ3n) is 2.93. The van der Waals surface area contributed by atoms with Crippen LogP contribution in [0.3, 0.4) is 0 Å². The summed E-state index contributed by atoms with van der Waals surface area (Å²) in [4.78, 5) is 24.2. The first-order valence-corrected chi connectivity index (χ1v) is 5.64. The van der Waals surface area contributed by atoms with Crippen molar-refractivity contribution in [1.29, 1.82) is 0 Å². The average Bonchev–Trinajstić information content (AvgIpc) is 3.02. The van der Waals surface area contributed by atoms with Gasteiger partial charge < -0.3 is 15.7 Å². The first-order valence-electron chi connectivity index (χ1n) is 5.64. The molecule has 6 nitrogen and oxygen atoms in total. The van der Waals surface area contributed by atoms with Crippen molar-refractivity contribution >= 4 is 11.9 Å². The van der Waals surface area contributed by atoms with Crippen LogP contribution in [0, 0.1) is 0 Å². The van der Waals surface area contributed by atoms with Gasteiger partial charge in [-0.1, -0.05) is 0 Å². The Bertz CT molecular complexity index is 291. The normalized spacial score (nSPS) is 26.4. The Hall–Kier alpha value is -1.14. The minimum Gasteiger partial charge on any atom is -0.480 e. The number of amides is 1. The molecule has 1 amide bonds. The third kappa shape index (κ3) is 2.93. The zero-order valence-electron chi connectivity index (χ0n) is 9.11. The van der Waals surface area contributed by atoms with Crippen molar-refractivity contribution in [3.63, 3.8) is 0 Å². The lowest BCUT2D eigenvalue weighted by molar-refractivity contribution is -0.144. The molecule has 2 aliphatic rings. The van der Waals surface area contributed by atoms with Crippen LogP contribution < -0.4 is 10.6 Å². The van der Waals surface area contributed by atoms with E-state index in [-0.39, 0.29) is 12.5 Å². The van der Waals surface area contributed by atoms with Gasteiger partial charge in [0.1, 0.15) is 6.04 Å². The van der Waals surface area contributed by atoms with Crippen LogP contribution in [0.1, 0.15) is 12.8 Å². The maximum Gasteiger partial charge on any atom is 0.322 e. The number of rotatable bonds is 4. The van der Waals surface area contributed by atoms with Gasteiger partial charge in [-0.2, -0.15) is 0 Å². The van der Waals surface area contributed by atoms with E-state index in [1.165, 1.54) is 0 Å². The summed E-state index contributed by atoms with van der Waals surface area (Å²) in [7, 11) is 0. The van der Waals surface area contributed by atoms with Gasteiger partial charge in [0.15, 0.2) is 0 Å². The highest BCUT2D eigenvalue weighted by atomic mass is 16.4. The van der Waals surface area contributed by atoms with Crippen molar-refractivity contribution in [2.75, 3.05) is 26.2 Å². The predicted molar refractivity (Wildman–Crippen MR) is 57.0 cm³/mol. The summed E-state index contributed by atoms with van der Waals surface area (Å²) >= 11 is 0. The molecule has 0 spiro atoms. The molecule has 90 valence electrons. The van der Waals surface area contributed by atoms with E-state index in [9.17, 15) is 9.59 Å².